The summed E-state index contributed by atoms with van der Waals surface area (Å²) >= 11 is 0. The quantitative estimate of drug-likeness (QED) is 0.830. The van der Waals surface area contributed by atoms with Crippen LogP contribution in [0.4, 0.5) is 11.8 Å². The lowest BCUT2D eigenvalue weighted by molar-refractivity contribution is 0.0755. The third-order valence-electron chi connectivity index (χ3n) is 5.29. The molecule has 2 saturated heterocycles. The molecule has 142 valence electrons. The van der Waals surface area contributed by atoms with Crippen LogP contribution in [-0.2, 0) is 0 Å². The number of nitrogens with zero attached hydrogens (tertiary/aromatic N) is 6. The number of aromatic nitrogens is 3. The van der Waals surface area contributed by atoms with Crippen molar-refractivity contribution in [2.45, 2.75) is 25.7 Å². The van der Waals surface area contributed by atoms with Crippen molar-refractivity contribution >= 4 is 17.7 Å². The summed E-state index contributed by atoms with van der Waals surface area (Å²) in [6.45, 7) is 5.03. The molecule has 2 fully saturated rings. The second-order valence-electron chi connectivity index (χ2n) is 7.11. The van der Waals surface area contributed by atoms with Gasteiger partial charge in [-0.3, -0.25) is 4.79 Å². The van der Waals surface area contributed by atoms with Gasteiger partial charge >= 0.3 is 0 Å². The predicted octanol–water partition coefficient (Wildman–Crippen LogP) is 2.21. The summed E-state index contributed by atoms with van der Waals surface area (Å²) in [6, 6.07) is 7.71. The van der Waals surface area contributed by atoms with E-state index in [9.17, 15) is 4.79 Å². The van der Waals surface area contributed by atoms with Crippen LogP contribution in [0.1, 0.15) is 36.2 Å². The van der Waals surface area contributed by atoms with Crippen molar-refractivity contribution in [1.29, 1.82) is 0 Å². The molecule has 0 aromatic carbocycles. The summed E-state index contributed by atoms with van der Waals surface area (Å²) < 4.78 is 0. The SMILES string of the molecule is O=C(c1ccnc(N2CCN(c3ccccn3)CC2)n1)N1CCCCCC1. The molecule has 0 aliphatic carbocycles. The van der Waals surface area contributed by atoms with Crippen molar-refractivity contribution in [3.05, 3.63) is 42.4 Å². The molecular weight excluding hydrogens is 340 g/mol. The highest BCUT2D eigenvalue weighted by Crippen LogP contribution is 2.17. The molecule has 2 aromatic heterocycles. The van der Waals surface area contributed by atoms with Gasteiger partial charge in [0.1, 0.15) is 11.5 Å². The van der Waals surface area contributed by atoms with Gasteiger partial charge in [-0.15, -0.1) is 0 Å². The summed E-state index contributed by atoms with van der Waals surface area (Å²) in [4.78, 5) is 32.6. The second-order valence-corrected chi connectivity index (χ2v) is 7.11. The first-order chi connectivity index (χ1) is 13.3. The van der Waals surface area contributed by atoms with Crippen LogP contribution in [0, 0.1) is 0 Å². The minimum Gasteiger partial charge on any atom is -0.353 e. The van der Waals surface area contributed by atoms with E-state index in [0.717, 1.165) is 57.9 Å². The van der Waals surface area contributed by atoms with E-state index >= 15 is 0 Å². The van der Waals surface area contributed by atoms with Crippen molar-refractivity contribution in [2.24, 2.45) is 0 Å². The molecule has 4 heterocycles. The number of piperazine rings is 1. The van der Waals surface area contributed by atoms with Gasteiger partial charge in [0.05, 0.1) is 0 Å². The fourth-order valence-electron chi connectivity index (χ4n) is 3.73. The summed E-state index contributed by atoms with van der Waals surface area (Å²) in [7, 11) is 0. The Labute approximate surface area is 160 Å². The predicted molar refractivity (Wildman–Crippen MR) is 105 cm³/mol. The van der Waals surface area contributed by atoms with Crippen LogP contribution in [-0.4, -0.2) is 65.0 Å². The Kier molecular flexibility index (Phi) is 5.46. The molecular formula is C20H26N6O. The van der Waals surface area contributed by atoms with Gasteiger partial charge in [-0.1, -0.05) is 18.9 Å². The molecule has 0 saturated carbocycles. The molecule has 0 spiro atoms. The molecule has 0 unspecified atom stereocenters. The Morgan fingerprint density at radius 3 is 2.22 bits per heavy atom. The molecule has 0 radical (unpaired) electrons. The first-order valence-corrected chi connectivity index (χ1v) is 9.84. The summed E-state index contributed by atoms with van der Waals surface area (Å²) in [5.41, 5.74) is 0.508. The number of anilines is 2. The van der Waals surface area contributed by atoms with Crippen LogP contribution >= 0.6 is 0 Å². The monoisotopic (exact) mass is 366 g/mol. The lowest BCUT2D eigenvalue weighted by atomic mass is 10.2. The molecule has 27 heavy (non-hydrogen) atoms. The highest BCUT2D eigenvalue weighted by atomic mass is 16.2. The Morgan fingerprint density at radius 1 is 0.778 bits per heavy atom. The van der Waals surface area contributed by atoms with Gasteiger partial charge < -0.3 is 14.7 Å². The van der Waals surface area contributed by atoms with Crippen LogP contribution in [0.2, 0.25) is 0 Å². The maximum Gasteiger partial charge on any atom is 0.272 e. The number of carbonyl (C=O) groups excluding carboxylic acids is 1. The van der Waals surface area contributed by atoms with Crippen molar-refractivity contribution in [2.75, 3.05) is 49.1 Å². The zero-order valence-electron chi connectivity index (χ0n) is 15.6. The van der Waals surface area contributed by atoms with Crippen LogP contribution < -0.4 is 9.80 Å². The number of pyridine rings is 1. The molecule has 0 atom stereocenters. The van der Waals surface area contributed by atoms with Crippen molar-refractivity contribution < 1.29 is 4.79 Å². The number of hydrogen-bond acceptors (Lipinski definition) is 6. The second kappa shape index (κ2) is 8.33. The third kappa shape index (κ3) is 4.18. The van der Waals surface area contributed by atoms with Gasteiger partial charge in [-0.2, -0.15) is 0 Å². The minimum absolute atomic E-state index is 0.0349. The highest BCUT2D eigenvalue weighted by Gasteiger charge is 2.23. The first-order valence-electron chi connectivity index (χ1n) is 9.84. The van der Waals surface area contributed by atoms with E-state index in [4.69, 9.17) is 0 Å². The molecule has 2 aliphatic heterocycles. The first kappa shape index (κ1) is 17.7. The largest absolute Gasteiger partial charge is 0.353 e. The summed E-state index contributed by atoms with van der Waals surface area (Å²) in [6.07, 6.45) is 8.11. The lowest BCUT2D eigenvalue weighted by Crippen LogP contribution is -2.47. The molecule has 0 N–H and O–H groups in total. The van der Waals surface area contributed by atoms with Crippen LogP contribution in [0.25, 0.3) is 0 Å². The Balaban J connectivity index is 1.41. The Morgan fingerprint density at radius 2 is 1.52 bits per heavy atom. The van der Waals surface area contributed by atoms with E-state index in [1.165, 1.54) is 12.8 Å². The molecule has 4 rings (SSSR count). The average molecular weight is 366 g/mol. The van der Waals surface area contributed by atoms with E-state index < -0.39 is 0 Å². The lowest BCUT2D eigenvalue weighted by Gasteiger charge is -2.35. The molecule has 1 amide bonds. The summed E-state index contributed by atoms with van der Waals surface area (Å²) in [5, 5.41) is 0. The van der Waals surface area contributed by atoms with E-state index in [-0.39, 0.29) is 5.91 Å². The Hall–Kier alpha value is -2.70. The maximum atomic E-state index is 12.8. The maximum absolute atomic E-state index is 12.8. The normalized spacial score (nSPS) is 18.3. The van der Waals surface area contributed by atoms with Crippen molar-refractivity contribution in [3.63, 3.8) is 0 Å². The van der Waals surface area contributed by atoms with Gasteiger partial charge in [0.2, 0.25) is 5.95 Å². The van der Waals surface area contributed by atoms with Crippen LogP contribution in [0.3, 0.4) is 0 Å². The number of carbonyl (C=O) groups is 1. The number of likely N-dealkylation sites (tertiary alicyclic amines) is 1. The topological polar surface area (TPSA) is 65.5 Å². The fourth-order valence-corrected chi connectivity index (χ4v) is 3.73. The minimum atomic E-state index is 0.0349. The number of amides is 1. The zero-order chi connectivity index (χ0) is 18.5. The van der Waals surface area contributed by atoms with Gasteiger partial charge in [0.15, 0.2) is 0 Å². The zero-order valence-corrected chi connectivity index (χ0v) is 15.6. The van der Waals surface area contributed by atoms with E-state index in [2.05, 4.69) is 24.8 Å². The molecule has 7 heteroatoms. The van der Waals surface area contributed by atoms with Gasteiger partial charge in [-0.25, -0.2) is 15.0 Å². The van der Waals surface area contributed by atoms with Gasteiger partial charge in [0, 0.05) is 51.7 Å². The summed E-state index contributed by atoms with van der Waals surface area (Å²) in [5.74, 6) is 1.69. The van der Waals surface area contributed by atoms with E-state index in [1.807, 2.05) is 29.3 Å². The third-order valence-corrected chi connectivity index (χ3v) is 5.29. The van der Waals surface area contributed by atoms with Gasteiger partial charge in [-0.05, 0) is 31.0 Å². The van der Waals surface area contributed by atoms with Crippen molar-refractivity contribution in [1.82, 2.24) is 19.9 Å². The fraction of sp³-hybridized carbons (Fsp3) is 0.500. The van der Waals surface area contributed by atoms with Crippen molar-refractivity contribution in [3.8, 4) is 0 Å². The molecule has 7 nitrogen and oxygen atoms in total. The molecule has 0 bridgehead atoms. The average Bonchev–Trinajstić information content (AvgIpc) is 3.04. The van der Waals surface area contributed by atoms with Crippen LogP contribution in [0.5, 0.6) is 0 Å². The van der Waals surface area contributed by atoms with E-state index in [0.29, 0.717) is 11.6 Å². The smallest absolute Gasteiger partial charge is 0.272 e. The van der Waals surface area contributed by atoms with E-state index in [1.54, 1.807) is 12.3 Å². The molecule has 2 aromatic rings. The van der Waals surface area contributed by atoms with Crippen LogP contribution in [0.15, 0.2) is 36.7 Å². The standard InChI is InChI=1S/C20H26N6O/c27-19(25-11-5-1-2-6-12-25)17-8-10-22-20(23-17)26-15-13-24(14-16-26)18-7-3-4-9-21-18/h3-4,7-10H,1-2,5-6,11-16H2. The number of hydrogen-bond donors (Lipinski definition) is 0. The Bertz CT molecular complexity index is 752. The highest BCUT2D eigenvalue weighted by molar-refractivity contribution is 5.92. The molecule has 2 aliphatic rings. The van der Waals surface area contributed by atoms with Gasteiger partial charge in [0.25, 0.3) is 5.91 Å². The number of rotatable bonds is 3.